The van der Waals surface area contributed by atoms with Gasteiger partial charge >= 0.3 is 0 Å². The molecule has 1 aliphatic heterocycles. The quantitative estimate of drug-likeness (QED) is 0.496. The Hall–Kier alpha value is -1.55. The van der Waals surface area contributed by atoms with Gasteiger partial charge in [-0.15, -0.1) is 0 Å². The molecule has 0 aliphatic carbocycles. The highest BCUT2D eigenvalue weighted by molar-refractivity contribution is 7.89. The number of hydrogen-bond acceptors (Lipinski definition) is 6. The Morgan fingerprint density at radius 1 is 1.40 bits per heavy atom. The van der Waals surface area contributed by atoms with Gasteiger partial charge in [-0.2, -0.15) is 0 Å². The molecule has 0 radical (unpaired) electrons. The second-order valence-corrected chi connectivity index (χ2v) is 6.30. The van der Waals surface area contributed by atoms with Gasteiger partial charge < -0.3 is 10.4 Å². The highest BCUT2D eigenvalue weighted by Gasteiger charge is 2.29. The second kappa shape index (κ2) is 5.83. The molecule has 8 nitrogen and oxygen atoms in total. The molecule has 9 heteroatoms. The fourth-order valence-electron chi connectivity index (χ4n) is 2.06. The number of nitro benzene ring substituents is 1. The normalized spacial score (nSPS) is 22.9. The van der Waals surface area contributed by atoms with Crippen LogP contribution in [-0.4, -0.2) is 44.2 Å². The summed E-state index contributed by atoms with van der Waals surface area (Å²) in [5.41, 5.74) is -0.468. The van der Waals surface area contributed by atoms with Gasteiger partial charge in [-0.1, -0.05) is 12.1 Å². The molecule has 1 fully saturated rings. The van der Waals surface area contributed by atoms with Gasteiger partial charge in [0.25, 0.3) is 5.69 Å². The predicted molar refractivity (Wildman–Crippen MR) is 70.7 cm³/mol. The van der Waals surface area contributed by atoms with Crippen molar-refractivity contribution in [1.82, 2.24) is 10.0 Å². The first kappa shape index (κ1) is 14.9. The Kier molecular flexibility index (Phi) is 4.33. The molecular weight excluding hydrogens is 286 g/mol. The molecule has 1 saturated heterocycles. The first-order chi connectivity index (χ1) is 9.42. The van der Waals surface area contributed by atoms with Crippen LogP contribution in [0.25, 0.3) is 0 Å². The van der Waals surface area contributed by atoms with E-state index in [1.807, 2.05) is 0 Å². The number of nitrogens with zero attached hydrogens (tertiary/aromatic N) is 1. The molecule has 3 N–H and O–H groups in total. The highest BCUT2D eigenvalue weighted by atomic mass is 32.2. The van der Waals surface area contributed by atoms with Crippen LogP contribution in [0.15, 0.2) is 29.2 Å². The third-order valence-corrected chi connectivity index (χ3v) is 4.66. The number of benzene rings is 1. The molecule has 20 heavy (non-hydrogen) atoms. The molecule has 1 aromatic rings. The van der Waals surface area contributed by atoms with E-state index in [0.717, 1.165) is 6.07 Å². The Morgan fingerprint density at radius 2 is 2.10 bits per heavy atom. The maximum atomic E-state index is 12.1. The Morgan fingerprint density at radius 3 is 2.70 bits per heavy atom. The number of rotatable bonds is 5. The average molecular weight is 301 g/mol. The molecule has 2 atom stereocenters. The lowest BCUT2D eigenvalue weighted by molar-refractivity contribution is -0.387. The van der Waals surface area contributed by atoms with E-state index in [4.69, 9.17) is 0 Å². The number of hydrogen-bond donors (Lipinski definition) is 3. The summed E-state index contributed by atoms with van der Waals surface area (Å²) >= 11 is 0. The van der Waals surface area contributed by atoms with Crippen molar-refractivity contribution in [3.05, 3.63) is 34.4 Å². The summed E-state index contributed by atoms with van der Waals surface area (Å²) in [6.07, 6.45) is -0.622. The number of aliphatic hydroxyl groups is 1. The van der Waals surface area contributed by atoms with Crippen molar-refractivity contribution in [2.45, 2.75) is 11.0 Å². The smallest absolute Gasteiger partial charge is 0.289 e. The summed E-state index contributed by atoms with van der Waals surface area (Å²) in [7, 11) is -3.98. The van der Waals surface area contributed by atoms with Crippen LogP contribution >= 0.6 is 0 Å². The first-order valence-corrected chi connectivity index (χ1v) is 7.52. The molecule has 0 bridgehead atoms. The van der Waals surface area contributed by atoms with Gasteiger partial charge in [-0.05, 0) is 6.07 Å². The van der Waals surface area contributed by atoms with E-state index < -0.39 is 26.7 Å². The van der Waals surface area contributed by atoms with E-state index in [9.17, 15) is 23.6 Å². The molecule has 0 aromatic heterocycles. The van der Waals surface area contributed by atoms with Crippen LogP contribution in [0.3, 0.4) is 0 Å². The number of sulfonamides is 1. The molecule has 0 unspecified atom stereocenters. The van der Waals surface area contributed by atoms with Gasteiger partial charge in [-0.25, -0.2) is 13.1 Å². The number of β-amino-alcohol motifs (C(OH)–C–C–N with tert-alkyl or cyclic N) is 1. The van der Waals surface area contributed by atoms with Crippen molar-refractivity contribution >= 4 is 15.7 Å². The third-order valence-electron chi connectivity index (χ3n) is 3.19. The predicted octanol–water partition coefficient (Wildman–Crippen LogP) is -0.547. The second-order valence-electron chi connectivity index (χ2n) is 4.56. The van der Waals surface area contributed by atoms with Gasteiger partial charge in [-0.3, -0.25) is 10.1 Å². The van der Waals surface area contributed by atoms with Crippen molar-refractivity contribution in [2.75, 3.05) is 19.6 Å². The number of nitrogens with one attached hydrogen (secondary N) is 2. The van der Waals surface area contributed by atoms with E-state index in [-0.39, 0.29) is 17.4 Å². The number of para-hydroxylation sites is 1. The maximum absolute atomic E-state index is 12.1. The molecular formula is C11H15N3O5S. The van der Waals surface area contributed by atoms with Crippen molar-refractivity contribution < 1.29 is 18.4 Å². The van der Waals surface area contributed by atoms with Gasteiger partial charge in [0.1, 0.15) is 0 Å². The molecule has 0 saturated carbocycles. The SMILES string of the molecule is O=[N+]([O-])c1ccccc1S(=O)(=O)NC[C@H]1CNC[C@H]1O. The first-order valence-electron chi connectivity index (χ1n) is 6.03. The van der Waals surface area contributed by atoms with Gasteiger partial charge in [0.15, 0.2) is 4.90 Å². The maximum Gasteiger partial charge on any atom is 0.289 e. The summed E-state index contributed by atoms with van der Waals surface area (Å²) in [5.74, 6) is -0.243. The third kappa shape index (κ3) is 3.12. The summed E-state index contributed by atoms with van der Waals surface area (Å²) in [6.45, 7) is 0.945. The van der Waals surface area contributed by atoms with E-state index in [2.05, 4.69) is 10.0 Å². The lowest BCUT2D eigenvalue weighted by Gasteiger charge is -2.14. The molecule has 1 aliphatic rings. The summed E-state index contributed by atoms with van der Waals surface area (Å²) in [6, 6.07) is 5.15. The summed E-state index contributed by atoms with van der Waals surface area (Å²) < 4.78 is 26.5. The van der Waals surface area contributed by atoms with Crippen LogP contribution in [0, 0.1) is 16.0 Å². The fraction of sp³-hybridized carbons (Fsp3) is 0.455. The van der Waals surface area contributed by atoms with Crippen LogP contribution in [0.2, 0.25) is 0 Å². The molecule has 0 amide bonds. The largest absolute Gasteiger partial charge is 0.391 e. The molecule has 1 heterocycles. The van der Waals surface area contributed by atoms with E-state index in [1.165, 1.54) is 18.2 Å². The fourth-order valence-corrected chi connectivity index (χ4v) is 3.32. The topological polar surface area (TPSA) is 122 Å². The van der Waals surface area contributed by atoms with E-state index in [1.54, 1.807) is 0 Å². The highest BCUT2D eigenvalue weighted by Crippen LogP contribution is 2.22. The van der Waals surface area contributed by atoms with Crippen LogP contribution in [0.1, 0.15) is 0 Å². The lowest BCUT2D eigenvalue weighted by Crippen LogP contribution is -2.34. The van der Waals surface area contributed by atoms with Crippen LogP contribution in [-0.2, 0) is 10.0 Å². The number of nitro groups is 1. The van der Waals surface area contributed by atoms with Gasteiger partial charge in [0.2, 0.25) is 10.0 Å². The van der Waals surface area contributed by atoms with Crippen molar-refractivity contribution in [2.24, 2.45) is 5.92 Å². The zero-order valence-electron chi connectivity index (χ0n) is 10.5. The summed E-state index contributed by atoms with van der Waals surface area (Å²) in [5, 5.41) is 23.4. The van der Waals surface area contributed by atoms with Crippen LogP contribution in [0.5, 0.6) is 0 Å². The Bertz CT molecular complexity index is 604. The minimum Gasteiger partial charge on any atom is -0.391 e. The van der Waals surface area contributed by atoms with E-state index >= 15 is 0 Å². The zero-order valence-corrected chi connectivity index (χ0v) is 11.3. The Labute approximate surface area is 116 Å². The van der Waals surface area contributed by atoms with Crippen LogP contribution in [0.4, 0.5) is 5.69 Å². The molecule has 110 valence electrons. The standard InChI is InChI=1S/C11H15N3O5S/c15-10-7-12-5-8(10)6-13-20(18,19)11-4-2-1-3-9(11)14(16)17/h1-4,8,10,12-13,15H,5-7H2/t8-,10-/m1/s1. The molecule has 0 spiro atoms. The van der Waals surface area contributed by atoms with Crippen molar-refractivity contribution in [3.63, 3.8) is 0 Å². The minimum atomic E-state index is -3.98. The zero-order chi connectivity index (χ0) is 14.8. The van der Waals surface area contributed by atoms with E-state index in [0.29, 0.717) is 13.1 Å². The van der Waals surface area contributed by atoms with Crippen molar-refractivity contribution in [3.8, 4) is 0 Å². The lowest BCUT2D eigenvalue weighted by atomic mass is 10.1. The van der Waals surface area contributed by atoms with Gasteiger partial charge in [0.05, 0.1) is 11.0 Å². The molecule has 1 aromatic carbocycles. The minimum absolute atomic E-state index is 0.0303. The number of aliphatic hydroxyl groups excluding tert-OH is 1. The van der Waals surface area contributed by atoms with Gasteiger partial charge in [0, 0.05) is 31.6 Å². The van der Waals surface area contributed by atoms with Crippen LogP contribution < -0.4 is 10.0 Å². The summed E-state index contributed by atoms with van der Waals surface area (Å²) in [4.78, 5) is 9.74. The Balaban J connectivity index is 2.16. The monoisotopic (exact) mass is 301 g/mol. The molecule has 2 rings (SSSR count). The average Bonchev–Trinajstić information content (AvgIpc) is 2.82. The van der Waals surface area contributed by atoms with Crippen molar-refractivity contribution in [1.29, 1.82) is 0 Å².